The molecule has 0 aliphatic heterocycles. The average molecular weight is 286 g/mol. The lowest BCUT2D eigenvalue weighted by molar-refractivity contribution is 0.224. The molecule has 0 amide bonds. The van der Waals surface area contributed by atoms with Gasteiger partial charge in [-0.3, -0.25) is 0 Å². The van der Waals surface area contributed by atoms with Crippen LogP contribution in [-0.4, -0.2) is 5.11 Å². The summed E-state index contributed by atoms with van der Waals surface area (Å²) in [6.07, 6.45) is 6.82. The van der Waals surface area contributed by atoms with Crippen molar-refractivity contribution in [1.29, 1.82) is 0 Å². The zero-order valence-electron chi connectivity index (χ0n) is 12.1. The summed E-state index contributed by atoms with van der Waals surface area (Å²) in [5, 5.41) is 10.5. The number of rotatable bonds is 5. The summed E-state index contributed by atoms with van der Waals surface area (Å²) < 4.78 is 0. The highest BCUT2D eigenvalue weighted by Gasteiger charge is 2.19. The second-order valence-electron chi connectivity index (χ2n) is 5.70. The third-order valence-corrected chi connectivity index (χ3v) is 5.44. The summed E-state index contributed by atoms with van der Waals surface area (Å²) in [5.74, 6) is 0. The van der Waals surface area contributed by atoms with Crippen molar-refractivity contribution < 1.29 is 5.11 Å². The van der Waals surface area contributed by atoms with Gasteiger partial charge in [0.25, 0.3) is 0 Å². The van der Waals surface area contributed by atoms with Crippen LogP contribution in [0.25, 0.3) is 0 Å². The standard InChI is InChI=1S/C18H22OS/c1-2-3-5-13-8-10-14(11-9-13)18(19)17-12-15-6-4-7-16(15)20-17/h8-12,18-19H,2-7H2,1H3. The van der Waals surface area contributed by atoms with Crippen LogP contribution in [0.15, 0.2) is 30.3 Å². The van der Waals surface area contributed by atoms with Gasteiger partial charge in [0.1, 0.15) is 6.10 Å². The van der Waals surface area contributed by atoms with Crippen LogP contribution in [0.4, 0.5) is 0 Å². The van der Waals surface area contributed by atoms with Gasteiger partial charge in [0.15, 0.2) is 0 Å². The fourth-order valence-corrected chi connectivity index (χ4v) is 4.17. The number of aliphatic hydroxyl groups excluding tert-OH is 1. The molecule has 0 radical (unpaired) electrons. The van der Waals surface area contributed by atoms with Crippen molar-refractivity contribution in [3.63, 3.8) is 0 Å². The number of hydrogen-bond donors (Lipinski definition) is 1. The van der Waals surface area contributed by atoms with Gasteiger partial charge in [0.05, 0.1) is 0 Å². The second kappa shape index (κ2) is 6.11. The maximum Gasteiger partial charge on any atom is 0.113 e. The monoisotopic (exact) mass is 286 g/mol. The summed E-state index contributed by atoms with van der Waals surface area (Å²) in [5.41, 5.74) is 3.85. The van der Waals surface area contributed by atoms with Crippen LogP contribution in [-0.2, 0) is 19.3 Å². The van der Waals surface area contributed by atoms with E-state index in [9.17, 15) is 5.11 Å². The van der Waals surface area contributed by atoms with Crippen LogP contribution >= 0.6 is 11.3 Å². The molecule has 1 atom stereocenters. The van der Waals surface area contributed by atoms with E-state index in [0.717, 1.165) is 16.9 Å². The molecule has 0 spiro atoms. The molecule has 1 heterocycles. The Morgan fingerprint density at radius 2 is 2.00 bits per heavy atom. The van der Waals surface area contributed by atoms with E-state index in [1.54, 1.807) is 11.3 Å². The number of fused-ring (bicyclic) bond motifs is 1. The molecule has 0 bridgehead atoms. The Morgan fingerprint density at radius 3 is 2.70 bits per heavy atom. The SMILES string of the molecule is CCCCc1ccc(C(O)c2cc3c(s2)CCC3)cc1. The highest BCUT2D eigenvalue weighted by molar-refractivity contribution is 7.12. The zero-order valence-corrected chi connectivity index (χ0v) is 12.9. The maximum atomic E-state index is 10.5. The van der Waals surface area contributed by atoms with E-state index in [2.05, 4.69) is 37.3 Å². The molecular weight excluding hydrogens is 264 g/mol. The molecule has 2 heteroatoms. The first kappa shape index (κ1) is 13.8. The molecule has 0 fully saturated rings. The van der Waals surface area contributed by atoms with Crippen molar-refractivity contribution in [2.75, 3.05) is 0 Å². The van der Waals surface area contributed by atoms with Crippen LogP contribution in [0, 0.1) is 0 Å². The number of aliphatic hydroxyl groups is 1. The molecule has 1 N–H and O–H groups in total. The van der Waals surface area contributed by atoms with Gasteiger partial charge in [-0.1, -0.05) is 37.6 Å². The normalized spacial score (nSPS) is 15.3. The summed E-state index contributed by atoms with van der Waals surface area (Å²) >= 11 is 1.79. The molecule has 2 aromatic rings. The molecular formula is C18H22OS. The highest BCUT2D eigenvalue weighted by Crippen LogP contribution is 2.36. The van der Waals surface area contributed by atoms with Gasteiger partial charge in [-0.25, -0.2) is 0 Å². The molecule has 0 saturated heterocycles. The minimum atomic E-state index is -0.453. The Bertz CT molecular complexity index is 546. The number of benzene rings is 1. The number of aryl methyl sites for hydroxylation is 3. The molecule has 1 aliphatic carbocycles. The lowest BCUT2D eigenvalue weighted by Crippen LogP contribution is -1.97. The zero-order chi connectivity index (χ0) is 13.9. The lowest BCUT2D eigenvalue weighted by Gasteiger charge is -2.10. The minimum Gasteiger partial charge on any atom is -0.383 e. The van der Waals surface area contributed by atoms with Gasteiger partial charge in [-0.2, -0.15) is 0 Å². The van der Waals surface area contributed by atoms with Crippen LogP contribution in [0.2, 0.25) is 0 Å². The van der Waals surface area contributed by atoms with Crippen molar-refractivity contribution in [3.8, 4) is 0 Å². The number of thiophene rings is 1. The van der Waals surface area contributed by atoms with Crippen molar-refractivity contribution in [2.45, 2.75) is 51.6 Å². The Hall–Kier alpha value is -1.12. The van der Waals surface area contributed by atoms with Gasteiger partial charge >= 0.3 is 0 Å². The van der Waals surface area contributed by atoms with E-state index in [4.69, 9.17) is 0 Å². The molecule has 1 aromatic carbocycles. The van der Waals surface area contributed by atoms with Gasteiger partial charge < -0.3 is 5.11 Å². The summed E-state index contributed by atoms with van der Waals surface area (Å²) in [4.78, 5) is 2.59. The van der Waals surface area contributed by atoms with Gasteiger partial charge in [0.2, 0.25) is 0 Å². The third kappa shape index (κ3) is 2.82. The average Bonchev–Trinajstić information content (AvgIpc) is 3.06. The Labute approximate surface area is 125 Å². The van der Waals surface area contributed by atoms with Crippen LogP contribution < -0.4 is 0 Å². The van der Waals surface area contributed by atoms with Crippen LogP contribution in [0.1, 0.15) is 58.7 Å². The van der Waals surface area contributed by atoms with Crippen molar-refractivity contribution in [1.82, 2.24) is 0 Å². The number of hydrogen-bond acceptors (Lipinski definition) is 2. The van der Waals surface area contributed by atoms with E-state index in [1.165, 1.54) is 48.1 Å². The molecule has 1 aromatic heterocycles. The van der Waals surface area contributed by atoms with Crippen molar-refractivity contribution in [3.05, 3.63) is 56.8 Å². The predicted molar refractivity (Wildman–Crippen MR) is 85.5 cm³/mol. The first-order valence-corrected chi connectivity index (χ1v) is 8.48. The summed E-state index contributed by atoms with van der Waals surface area (Å²) in [6.45, 7) is 2.22. The smallest absolute Gasteiger partial charge is 0.113 e. The molecule has 3 rings (SSSR count). The first-order valence-electron chi connectivity index (χ1n) is 7.66. The van der Waals surface area contributed by atoms with Crippen molar-refractivity contribution >= 4 is 11.3 Å². The van der Waals surface area contributed by atoms with E-state index in [-0.39, 0.29) is 0 Å². The molecule has 106 valence electrons. The van der Waals surface area contributed by atoms with E-state index in [1.807, 2.05) is 0 Å². The van der Waals surface area contributed by atoms with E-state index >= 15 is 0 Å². The van der Waals surface area contributed by atoms with E-state index < -0.39 is 6.10 Å². The fraction of sp³-hybridized carbons (Fsp3) is 0.444. The van der Waals surface area contributed by atoms with Gasteiger partial charge in [-0.15, -0.1) is 11.3 Å². The van der Waals surface area contributed by atoms with Crippen LogP contribution in [0.5, 0.6) is 0 Å². The summed E-state index contributed by atoms with van der Waals surface area (Å²) in [7, 11) is 0. The largest absolute Gasteiger partial charge is 0.383 e. The summed E-state index contributed by atoms with van der Waals surface area (Å²) in [6, 6.07) is 10.7. The fourth-order valence-electron chi connectivity index (χ4n) is 2.90. The molecule has 20 heavy (non-hydrogen) atoms. The quantitative estimate of drug-likeness (QED) is 0.847. The van der Waals surface area contributed by atoms with Gasteiger partial charge in [-0.05, 0) is 54.9 Å². The van der Waals surface area contributed by atoms with Crippen LogP contribution in [0.3, 0.4) is 0 Å². The van der Waals surface area contributed by atoms with Gasteiger partial charge in [0, 0.05) is 9.75 Å². The highest BCUT2D eigenvalue weighted by atomic mass is 32.1. The Kier molecular flexibility index (Phi) is 4.23. The number of unbranched alkanes of at least 4 members (excludes halogenated alkanes) is 1. The van der Waals surface area contributed by atoms with E-state index in [0.29, 0.717) is 0 Å². The predicted octanol–water partition coefficient (Wildman–Crippen LogP) is 4.66. The topological polar surface area (TPSA) is 20.2 Å². The molecule has 0 saturated carbocycles. The third-order valence-electron chi connectivity index (χ3n) is 4.15. The second-order valence-corrected chi connectivity index (χ2v) is 6.87. The Morgan fingerprint density at radius 1 is 1.20 bits per heavy atom. The lowest BCUT2D eigenvalue weighted by atomic mass is 10.0. The van der Waals surface area contributed by atoms with Crippen molar-refractivity contribution in [2.24, 2.45) is 0 Å². The maximum absolute atomic E-state index is 10.5. The minimum absolute atomic E-state index is 0.453. The molecule has 1 aliphatic rings. The first-order chi connectivity index (χ1) is 9.78. The molecule has 1 unspecified atom stereocenters. The Balaban J connectivity index is 1.74. The molecule has 1 nitrogen and oxygen atoms in total.